The maximum atomic E-state index is 13.1. The number of hydrogen-bond acceptors (Lipinski definition) is 4. The van der Waals surface area contributed by atoms with E-state index in [1.807, 2.05) is 24.8 Å². The van der Waals surface area contributed by atoms with Crippen LogP contribution in [0.25, 0.3) is 5.65 Å². The van der Waals surface area contributed by atoms with E-state index in [9.17, 15) is 9.18 Å². The second-order valence-corrected chi connectivity index (χ2v) is 5.80. The Morgan fingerprint density at radius 3 is 2.56 bits per heavy atom. The van der Waals surface area contributed by atoms with Crippen molar-refractivity contribution in [2.24, 2.45) is 0 Å². The summed E-state index contributed by atoms with van der Waals surface area (Å²) in [5.41, 5.74) is 2.76. The van der Waals surface area contributed by atoms with Crippen molar-refractivity contribution in [3.63, 3.8) is 0 Å². The molecule has 0 aliphatic rings. The first-order valence-electron chi connectivity index (χ1n) is 8.10. The molecule has 0 N–H and O–H groups in total. The molecule has 2 aromatic heterocycles. The highest BCUT2D eigenvalue weighted by Crippen LogP contribution is 2.19. The second kappa shape index (κ2) is 6.93. The van der Waals surface area contributed by atoms with Gasteiger partial charge in [0.1, 0.15) is 11.5 Å². The minimum absolute atomic E-state index is 0.185. The molecule has 0 radical (unpaired) electrons. The molecule has 6 heteroatoms. The number of ether oxygens (including phenoxy) is 1. The fraction of sp³-hybridized carbons (Fsp3) is 0.263. The van der Waals surface area contributed by atoms with Gasteiger partial charge in [0.05, 0.1) is 19.3 Å². The van der Waals surface area contributed by atoms with E-state index in [1.165, 1.54) is 29.7 Å². The number of benzene rings is 1. The third-order valence-corrected chi connectivity index (χ3v) is 4.14. The molecule has 0 saturated carbocycles. The van der Waals surface area contributed by atoms with Crippen molar-refractivity contribution in [2.45, 2.75) is 20.4 Å². The van der Waals surface area contributed by atoms with Crippen molar-refractivity contribution in [1.82, 2.24) is 9.38 Å². The van der Waals surface area contributed by atoms with E-state index in [2.05, 4.69) is 4.98 Å². The fourth-order valence-corrected chi connectivity index (χ4v) is 2.88. The van der Waals surface area contributed by atoms with E-state index < -0.39 is 0 Å². The third-order valence-electron chi connectivity index (χ3n) is 4.14. The van der Waals surface area contributed by atoms with Crippen molar-refractivity contribution in [1.29, 1.82) is 0 Å². The summed E-state index contributed by atoms with van der Waals surface area (Å²) in [7, 11) is 1.54. The lowest BCUT2D eigenvalue weighted by molar-refractivity contribution is 0.386. The molecule has 5 nitrogen and oxygen atoms in total. The number of fused-ring (bicyclic) bond motifs is 1. The summed E-state index contributed by atoms with van der Waals surface area (Å²) in [6.07, 6.45) is 0. The SMILES string of the molecule is CCN(Cc1cc(=O)n2c(OC)c(C)ccc2n1)c1ccc(F)cc1. The highest BCUT2D eigenvalue weighted by Gasteiger charge is 2.12. The van der Waals surface area contributed by atoms with Crippen LogP contribution in [0.1, 0.15) is 18.2 Å². The quantitative estimate of drug-likeness (QED) is 0.715. The Hall–Kier alpha value is -2.89. The van der Waals surface area contributed by atoms with Gasteiger partial charge < -0.3 is 9.64 Å². The number of pyridine rings is 1. The Morgan fingerprint density at radius 1 is 1.20 bits per heavy atom. The van der Waals surface area contributed by atoms with Gasteiger partial charge in [-0.3, -0.25) is 4.79 Å². The van der Waals surface area contributed by atoms with Crippen LogP contribution in [0.2, 0.25) is 0 Å². The van der Waals surface area contributed by atoms with Crippen molar-refractivity contribution in [2.75, 3.05) is 18.6 Å². The molecule has 0 aliphatic carbocycles. The number of nitrogens with zero attached hydrogens (tertiary/aromatic N) is 3. The summed E-state index contributed by atoms with van der Waals surface area (Å²) >= 11 is 0. The zero-order valence-electron chi connectivity index (χ0n) is 14.5. The van der Waals surface area contributed by atoms with Gasteiger partial charge in [0.25, 0.3) is 5.56 Å². The molecule has 2 heterocycles. The molecule has 0 saturated heterocycles. The van der Waals surface area contributed by atoms with Crippen molar-refractivity contribution in [3.05, 3.63) is 69.9 Å². The van der Waals surface area contributed by atoms with Gasteiger partial charge in [0, 0.05) is 23.9 Å². The summed E-state index contributed by atoms with van der Waals surface area (Å²) in [6.45, 7) is 5.06. The van der Waals surface area contributed by atoms with Crippen LogP contribution in [0.3, 0.4) is 0 Å². The Kier molecular flexibility index (Phi) is 4.70. The average molecular weight is 341 g/mol. The van der Waals surface area contributed by atoms with Crippen LogP contribution in [0.4, 0.5) is 10.1 Å². The van der Waals surface area contributed by atoms with Crippen molar-refractivity contribution < 1.29 is 9.13 Å². The van der Waals surface area contributed by atoms with Gasteiger partial charge in [0.2, 0.25) is 5.88 Å². The molecule has 3 rings (SSSR count). The summed E-state index contributed by atoms with van der Waals surface area (Å²) in [4.78, 5) is 19.2. The molecular weight excluding hydrogens is 321 g/mol. The highest BCUT2D eigenvalue weighted by atomic mass is 19.1. The van der Waals surface area contributed by atoms with Crippen LogP contribution in [0, 0.1) is 12.7 Å². The molecule has 0 unspecified atom stereocenters. The van der Waals surface area contributed by atoms with E-state index >= 15 is 0 Å². The summed E-state index contributed by atoms with van der Waals surface area (Å²) in [5.74, 6) is 0.219. The molecular formula is C19H20FN3O2. The smallest absolute Gasteiger partial charge is 0.261 e. The number of anilines is 1. The van der Waals surface area contributed by atoms with Gasteiger partial charge in [-0.15, -0.1) is 0 Å². The average Bonchev–Trinajstić information content (AvgIpc) is 2.61. The molecule has 3 aromatic rings. The number of rotatable bonds is 5. The number of methoxy groups -OCH3 is 1. The Labute approximate surface area is 145 Å². The minimum Gasteiger partial charge on any atom is -0.482 e. The monoisotopic (exact) mass is 341 g/mol. The predicted molar refractivity (Wildman–Crippen MR) is 95.9 cm³/mol. The van der Waals surface area contributed by atoms with Crippen molar-refractivity contribution >= 4 is 11.3 Å². The van der Waals surface area contributed by atoms with Crippen LogP contribution in [-0.4, -0.2) is 23.0 Å². The lowest BCUT2D eigenvalue weighted by Crippen LogP contribution is -2.25. The van der Waals surface area contributed by atoms with E-state index in [-0.39, 0.29) is 11.4 Å². The predicted octanol–water partition coefficient (Wildman–Crippen LogP) is 3.18. The molecule has 0 amide bonds. The zero-order valence-corrected chi connectivity index (χ0v) is 14.5. The Morgan fingerprint density at radius 2 is 1.92 bits per heavy atom. The molecule has 1 aromatic carbocycles. The fourth-order valence-electron chi connectivity index (χ4n) is 2.88. The van der Waals surface area contributed by atoms with Crippen LogP contribution < -0.4 is 15.2 Å². The van der Waals surface area contributed by atoms with Gasteiger partial charge >= 0.3 is 0 Å². The van der Waals surface area contributed by atoms with Gasteiger partial charge in [-0.05, 0) is 44.2 Å². The zero-order chi connectivity index (χ0) is 18.0. The largest absolute Gasteiger partial charge is 0.482 e. The minimum atomic E-state index is -0.274. The van der Waals surface area contributed by atoms with Gasteiger partial charge in [-0.1, -0.05) is 6.07 Å². The summed E-state index contributed by atoms with van der Waals surface area (Å²) < 4.78 is 19.9. The summed E-state index contributed by atoms with van der Waals surface area (Å²) in [6, 6.07) is 11.5. The molecule has 0 aliphatic heterocycles. The Bertz CT molecular complexity index is 951. The number of halogens is 1. The normalized spacial score (nSPS) is 10.9. The molecule has 0 atom stereocenters. The van der Waals surface area contributed by atoms with Gasteiger partial charge in [0.15, 0.2) is 0 Å². The molecule has 0 bridgehead atoms. The van der Waals surface area contributed by atoms with E-state index in [4.69, 9.17) is 4.74 Å². The Balaban J connectivity index is 2.00. The molecule has 0 spiro atoms. The van der Waals surface area contributed by atoms with E-state index in [0.717, 1.165) is 11.3 Å². The lowest BCUT2D eigenvalue weighted by Gasteiger charge is -2.23. The number of hydrogen-bond donors (Lipinski definition) is 0. The van der Waals surface area contributed by atoms with Gasteiger partial charge in [-0.25, -0.2) is 13.8 Å². The standard InChI is InChI=1S/C19H20FN3O2/c1-4-22(16-8-6-14(20)7-9-16)12-15-11-18(24)23-17(21-15)10-5-13(2)19(23)25-3/h5-11H,4,12H2,1-3H3. The van der Waals surface area contributed by atoms with Gasteiger partial charge in [-0.2, -0.15) is 0 Å². The highest BCUT2D eigenvalue weighted by molar-refractivity contribution is 5.48. The second-order valence-electron chi connectivity index (χ2n) is 5.80. The van der Waals surface area contributed by atoms with E-state index in [1.54, 1.807) is 18.2 Å². The van der Waals surface area contributed by atoms with E-state index in [0.29, 0.717) is 30.3 Å². The van der Waals surface area contributed by atoms with Crippen LogP contribution in [0.15, 0.2) is 47.3 Å². The molecule has 130 valence electrons. The molecule has 0 fully saturated rings. The topological polar surface area (TPSA) is 46.8 Å². The lowest BCUT2D eigenvalue weighted by atomic mass is 10.2. The maximum Gasteiger partial charge on any atom is 0.261 e. The molecule has 25 heavy (non-hydrogen) atoms. The first-order chi connectivity index (χ1) is 12.0. The van der Waals surface area contributed by atoms with Crippen LogP contribution in [-0.2, 0) is 6.54 Å². The number of aromatic nitrogens is 2. The summed E-state index contributed by atoms with van der Waals surface area (Å²) in [5, 5.41) is 0. The third kappa shape index (κ3) is 3.33. The van der Waals surface area contributed by atoms with Crippen molar-refractivity contribution in [3.8, 4) is 5.88 Å². The first-order valence-corrected chi connectivity index (χ1v) is 8.10. The van der Waals surface area contributed by atoms with Crippen LogP contribution in [0.5, 0.6) is 5.88 Å². The van der Waals surface area contributed by atoms with Crippen LogP contribution >= 0.6 is 0 Å². The number of aryl methyl sites for hydroxylation is 1. The maximum absolute atomic E-state index is 13.1. The first kappa shape index (κ1) is 17.0.